The Labute approximate surface area is 130 Å². The average molecular weight is 351 g/mol. The van der Waals surface area contributed by atoms with Gasteiger partial charge in [0.05, 0.1) is 17.7 Å². The van der Waals surface area contributed by atoms with E-state index in [2.05, 4.69) is 9.97 Å². The lowest BCUT2D eigenvalue weighted by Gasteiger charge is -2.02. The van der Waals surface area contributed by atoms with Crippen LogP contribution in [0.4, 0.5) is 5.69 Å². The molecule has 3 rings (SSSR count). The Morgan fingerprint density at radius 2 is 2.19 bits per heavy atom. The van der Waals surface area contributed by atoms with Gasteiger partial charge in [-0.25, -0.2) is 9.97 Å². The van der Waals surface area contributed by atoms with Gasteiger partial charge in [0.25, 0.3) is 0 Å². The molecule has 0 aliphatic carbocycles. The highest BCUT2D eigenvalue weighted by Gasteiger charge is 2.17. The minimum atomic E-state index is -0.476. The van der Waals surface area contributed by atoms with Crippen LogP contribution in [0.3, 0.4) is 0 Å². The van der Waals surface area contributed by atoms with Crippen LogP contribution in [0.1, 0.15) is 0 Å². The predicted octanol–water partition coefficient (Wildman–Crippen LogP) is 2.89. The number of hydrogen-bond acceptors (Lipinski definition) is 5. The van der Waals surface area contributed by atoms with E-state index in [1.165, 1.54) is 13.2 Å². The van der Waals surface area contributed by atoms with Gasteiger partial charge in [0, 0.05) is 30.2 Å². The molecule has 0 unspecified atom stereocenters. The summed E-state index contributed by atoms with van der Waals surface area (Å²) in [7, 11) is 1.40. The van der Waals surface area contributed by atoms with Crippen molar-refractivity contribution in [3.63, 3.8) is 0 Å². The molecule has 21 heavy (non-hydrogen) atoms. The Bertz CT molecular complexity index is 770. The quantitative estimate of drug-likeness (QED) is 0.535. The first kappa shape index (κ1) is 14.9. The van der Waals surface area contributed by atoms with Crippen LogP contribution in [-0.4, -0.2) is 26.4 Å². The first-order chi connectivity index (χ1) is 9.69. The lowest BCUT2D eigenvalue weighted by Crippen LogP contribution is -1.94. The summed E-state index contributed by atoms with van der Waals surface area (Å²) in [6.45, 7) is 0. The number of hydrogen-bond donors (Lipinski definition) is 0. The molecule has 0 aliphatic rings. The third-order valence-corrected chi connectivity index (χ3v) is 2.91. The summed E-state index contributed by atoms with van der Waals surface area (Å²) < 4.78 is 6.73. The van der Waals surface area contributed by atoms with Crippen molar-refractivity contribution in [2.24, 2.45) is 0 Å². The van der Waals surface area contributed by atoms with Crippen LogP contribution in [0, 0.1) is 10.1 Å². The number of fused-ring (bicyclic) bond motifs is 1. The molecule has 1 aromatic carbocycles. The van der Waals surface area contributed by atoms with Crippen molar-refractivity contribution in [2.45, 2.75) is 0 Å². The van der Waals surface area contributed by atoms with Gasteiger partial charge in [-0.05, 0) is 18.2 Å². The number of imidazole rings is 1. The third-order valence-electron chi connectivity index (χ3n) is 2.91. The molecule has 2 heterocycles. The molecule has 3 aromatic rings. The van der Waals surface area contributed by atoms with Gasteiger partial charge in [0.15, 0.2) is 5.75 Å². The molecule has 0 radical (unpaired) electrons. The molecule has 2 aromatic heterocycles. The fraction of sp³-hybridized carbons (Fsp3) is 0.0769. The molecule has 0 bridgehead atoms. The molecule has 108 valence electrons. The second-order valence-electron chi connectivity index (χ2n) is 4.10. The van der Waals surface area contributed by atoms with Crippen LogP contribution >= 0.6 is 17.0 Å². The van der Waals surface area contributed by atoms with E-state index < -0.39 is 4.92 Å². The monoisotopic (exact) mass is 350 g/mol. The first-order valence-electron chi connectivity index (χ1n) is 5.81. The van der Waals surface area contributed by atoms with Gasteiger partial charge in [-0.1, -0.05) is 0 Å². The highest BCUT2D eigenvalue weighted by atomic mass is 79.9. The van der Waals surface area contributed by atoms with Crippen LogP contribution < -0.4 is 4.74 Å². The van der Waals surface area contributed by atoms with Gasteiger partial charge in [-0.3, -0.25) is 14.5 Å². The van der Waals surface area contributed by atoms with E-state index in [9.17, 15) is 10.1 Å². The topological polar surface area (TPSA) is 82.6 Å². The number of halogens is 1. The Balaban J connectivity index is 0.00000161. The summed E-state index contributed by atoms with van der Waals surface area (Å²) in [5.41, 5.74) is 1.17. The Hall–Kier alpha value is -2.48. The fourth-order valence-electron chi connectivity index (χ4n) is 1.96. The first-order valence-corrected chi connectivity index (χ1v) is 5.81. The minimum Gasteiger partial charge on any atom is -0.490 e. The predicted molar refractivity (Wildman–Crippen MR) is 82.0 cm³/mol. The average Bonchev–Trinajstić information content (AvgIpc) is 2.90. The van der Waals surface area contributed by atoms with Crippen LogP contribution in [-0.2, 0) is 0 Å². The lowest BCUT2D eigenvalue weighted by atomic mass is 10.1. The summed E-state index contributed by atoms with van der Waals surface area (Å²) in [6, 6.07) is 6.52. The van der Waals surface area contributed by atoms with E-state index in [1.54, 1.807) is 35.0 Å². The zero-order valence-electron chi connectivity index (χ0n) is 11.0. The number of benzene rings is 1. The third kappa shape index (κ3) is 2.70. The zero-order valence-corrected chi connectivity index (χ0v) is 12.7. The molecule has 0 N–H and O–H groups in total. The summed E-state index contributed by atoms with van der Waals surface area (Å²) in [5.74, 6) is 0.765. The standard InChI is InChI=1S/C13H10N4O3.BrH/c1-20-12-4-3-9(7-11(12)17(18)19)10-8-16-6-2-5-14-13(16)15-10;/h2-8H,1H3;1H. The van der Waals surface area contributed by atoms with Gasteiger partial charge in [-0.15, -0.1) is 17.0 Å². The van der Waals surface area contributed by atoms with Gasteiger partial charge >= 0.3 is 5.69 Å². The van der Waals surface area contributed by atoms with Crippen LogP contribution in [0.5, 0.6) is 5.75 Å². The summed E-state index contributed by atoms with van der Waals surface area (Å²) >= 11 is 0. The zero-order chi connectivity index (χ0) is 14.1. The molecule has 0 atom stereocenters. The molecule has 0 saturated carbocycles. The van der Waals surface area contributed by atoms with Crippen LogP contribution in [0.2, 0.25) is 0 Å². The lowest BCUT2D eigenvalue weighted by molar-refractivity contribution is -0.385. The van der Waals surface area contributed by atoms with Gasteiger partial charge < -0.3 is 4.74 Å². The maximum atomic E-state index is 11.0. The fourth-order valence-corrected chi connectivity index (χ4v) is 1.96. The number of rotatable bonds is 3. The van der Waals surface area contributed by atoms with E-state index in [0.29, 0.717) is 17.0 Å². The minimum absolute atomic E-state index is 0. The van der Waals surface area contributed by atoms with Crippen molar-refractivity contribution in [3.8, 4) is 17.0 Å². The van der Waals surface area contributed by atoms with Crippen molar-refractivity contribution < 1.29 is 9.66 Å². The molecule has 0 fully saturated rings. The molecule has 8 heteroatoms. The maximum Gasteiger partial charge on any atom is 0.311 e. The number of nitrogens with zero attached hydrogens (tertiary/aromatic N) is 4. The van der Waals surface area contributed by atoms with Crippen molar-refractivity contribution in [2.75, 3.05) is 7.11 Å². The normalized spacial score (nSPS) is 10.1. The highest BCUT2D eigenvalue weighted by Crippen LogP contribution is 2.31. The van der Waals surface area contributed by atoms with Crippen molar-refractivity contribution in [1.82, 2.24) is 14.4 Å². The van der Waals surface area contributed by atoms with Gasteiger partial charge in [0.2, 0.25) is 5.78 Å². The van der Waals surface area contributed by atoms with Gasteiger partial charge in [0.1, 0.15) is 0 Å². The molecule has 0 amide bonds. The molecular weight excluding hydrogens is 340 g/mol. The Morgan fingerprint density at radius 1 is 1.38 bits per heavy atom. The summed E-state index contributed by atoms with van der Waals surface area (Å²) in [5, 5.41) is 11.0. The van der Waals surface area contributed by atoms with Crippen molar-refractivity contribution in [3.05, 3.63) is 53.0 Å². The number of ether oxygens (including phenoxy) is 1. The molecule has 0 spiro atoms. The number of aromatic nitrogens is 3. The van der Waals surface area contributed by atoms with E-state index in [-0.39, 0.29) is 28.4 Å². The van der Waals surface area contributed by atoms with Crippen molar-refractivity contribution in [1.29, 1.82) is 0 Å². The van der Waals surface area contributed by atoms with E-state index in [0.717, 1.165) is 0 Å². The second kappa shape index (κ2) is 5.88. The molecule has 0 saturated heterocycles. The van der Waals surface area contributed by atoms with Crippen molar-refractivity contribution >= 4 is 28.4 Å². The Morgan fingerprint density at radius 3 is 2.86 bits per heavy atom. The molecule has 7 nitrogen and oxygen atoms in total. The summed E-state index contributed by atoms with van der Waals surface area (Å²) in [6.07, 6.45) is 5.23. The number of nitro benzene ring substituents is 1. The SMILES string of the molecule is Br.COc1ccc(-c2cn3cccnc3n2)cc1[N+](=O)[O-]. The largest absolute Gasteiger partial charge is 0.490 e. The maximum absolute atomic E-state index is 11.0. The number of methoxy groups -OCH3 is 1. The number of nitro groups is 1. The van der Waals surface area contributed by atoms with Gasteiger partial charge in [-0.2, -0.15) is 0 Å². The Kier molecular flexibility index (Phi) is 4.18. The molecular formula is C13H11BrN4O3. The van der Waals surface area contributed by atoms with E-state index >= 15 is 0 Å². The summed E-state index contributed by atoms with van der Waals surface area (Å²) in [4.78, 5) is 19.0. The van der Waals surface area contributed by atoms with E-state index in [1.807, 2.05) is 6.20 Å². The van der Waals surface area contributed by atoms with E-state index in [4.69, 9.17) is 4.74 Å². The van der Waals surface area contributed by atoms with Crippen LogP contribution in [0.15, 0.2) is 42.9 Å². The smallest absolute Gasteiger partial charge is 0.311 e. The molecule has 0 aliphatic heterocycles. The second-order valence-corrected chi connectivity index (χ2v) is 4.10. The highest BCUT2D eigenvalue weighted by molar-refractivity contribution is 8.93. The van der Waals surface area contributed by atoms with Crippen LogP contribution in [0.25, 0.3) is 17.0 Å².